The molecule has 2 aliphatic rings. The maximum atomic E-state index is 10.7. The van der Waals surface area contributed by atoms with E-state index in [1.54, 1.807) is 7.11 Å². The van der Waals surface area contributed by atoms with Gasteiger partial charge in [0.2, 0.25) is 0 Å². The van der Waals surface area contributed by atoms with Crippen LogP contribution in [0.4, 0.5) is 0 Å². The highest BCUT2D eigenvalue weighted by Gasteiger charge is 2.46. The molecule has 0 radical (unpaired) electrons. The number of hydrogen-bond acceptors (Lipinski definition) is 4. The summed E-state index contributed by atoms with van der Waals surface area (Å²) in [7, 11) is 1.67. The van der Waals surface area contributed by atoms with Crippen molar-refractivity contribution in [2.45, 2.75) is 43.8 Å². The first kappa shape index (κ1) is 13.7. The molecule has 0 aromatic rings. The first-order valence-electron chi connectivity index (χ1n) is 6.57. The fourth-order valence-corrected chi connectivity index (χ4v) is 4.49. The first-order valence-corrected chi connectivity index (χ1v) is 7.73. The van der Waals surface area contributed by atoms with Crippen molar-refractivity contribution in [1.29, 1.82) is 0 Å². The zero-order valence-electron chi connectivity index (χ0n) is 10.9. The van der Waals surface area contributed by atoms with Crippen LogP contribution in [0.1, 0.15) is 32.6 Å². The highest BCUT2D eigenvalue weighted by Crippen LogP contribution is 2.44. The van der Waals surface area contributed by atoms with Crippen LogP contribution in [-0.4, -0.2) is 48.1 Å². The van der Waals surface area contributed by atoms with Crippen molar-refractivity contribution < 1.29 is 14.6 Å². The monoisotopic (exact) mass is 260 g/mol. The molecule has 100 valence electrons. The molecule has 1 N–H and O–H groups in total. The van der Waals surface area contributed by atoms with E-state index < -0.39 is 5.60 Å². The Morgan fingerprint density at radius 1 is 1.59 bits per heavy atom. The van der Waals surface area contributed by atoms with Gasteiger partial charge in [0.15, 0.2) is 0 Å². The largest absolute Gasteiger partial charge is 0.387 e. The third-order valence-corrected chi connectivity index (χ3v) is 5.55. The van der Waals surface area contributed by atoms with Crippen molar-refractivity contribution in [3.05, 3.63) is 0 Å². The third kappa shape index (κ3) is 2.80. The zero-order valence-corrected chi connectivity index (χ0v) is 11.7. The molecule has 0 saturated carbocycles. The molecule has 0 bridgehead atoms. The first-order chi connectivity index (χ1) is 8.14. The number of rotatable bonds is 4. The Morgan fingerprint density at radius 3 is 3.00 bits per heavy atom. The van der Waals surface area contributed by atoms with Gasteiger partial charge >= 0.3 is 0 Å². The molecule has 1 spiro atoms. The van der Waals surface area contributed by atoms with E-state index in [1.165, 1.54) is 5.75 Å². The van der Waals surface area contributed by atoms with Crippen LogP contribution >= 0.6 is 11.8 Å². The van der Waals surface area contributed by atoms with Gasteiger partial charge in [-0.3, -0.25) is 0 Å². The molecule has 3 atom stereocenters. The average Bonchev–Trinajstić information content (AvgIpc) is 2.77. The van der Waals surface area contributed by atoms with Crippen LogP contribution in [0.25, 0.3) is 0 Å². The molecule has 0 aliphatic carbocycles. The Bertz CT molecular complexity index is 253. The summed E-state index contributed by atoms with van der Waals surface area (Å²) in [5.41, 5.74) is -0.622. The van der Waals surface area contributed by atoms with Crippen LogP contribution in [0.5, 0.6) is 0 Å². The molecule has 0 amide bonds. The van der Waals surface area contributed by atoms with Gasteiger partial charge in [0.25, 0.3) is 0 Å². The maximum absolute atomic E-state index is 10.7. The highest BCUT2D eigenvalue weighted by atomic mass is 32.2. The second-order valence-corrected chi connectivity index (χ2v) is 6.52. The van der Waals surface area contributed by atoms with E-state index in [9.17, 15) is 5.11 Å². The van der Waals surface area contributed by atoms with Crippen LogP contribution in [0.3, 0.4) is 0 Å². The lowest BCUT2D eigenvalue weighted by Gasteiger charge is -2.44. The van der Waals surface area contributed by atoms with Crippen molar-refractivity contribution >= 4 is 11.8 Å². The van der Waals surface area contributed by atoms with Crippen LogP contribution in [-0.2, 0) is 9.47 Å². The lowest BCUT2D eigenvalue weighted by molar-refractivity contribution is -0.150. The van der Waals surface area contributed by atoms with Crippen molar-refractivity contribution in [2.24, 2.45) is 5.92 Å². The Hall–Kier alpha value is 0.230. The number of aliphatic hydroxyl groups is 1. The van der Waals surface area contributed by atoms with Gasteiger partial charge in [0.05, 0.1) is 17.8 Å². The topological polar surface area (TPSA) is 38.7 Å². The minimum Gasteiger partial charge on any atom is -0.387 e. The van der Waals surface area contributed by atoms with E-state index in [-0.39, 0.29) is 5.60 Å². The summed E-state index contributed by atoms with van der Waals surface area (Å²) in [4.78, 5) is 0. The molecule has 2 fully saturated rings. The minimum absolute atomic E-state index is 0.0461. The number of ether oxygens (including phenoxy) is 2. The number of methoxy groups -OCH3 is 1. The molecule has 3 unspecified atom stereocenters. The summed E-state index contributed by atoms with van der Waals surface area (Å²) in [5, 5.41) is 10.7. The Balaban J connectivity index is 2.05. The molecule has 4 heteroatoms. The fraction of sp³-hybridized carbons (Fsp3) is 1.00. The van der Waals surface area contributed by atoms with E-state index in [2.05, 4.69) is 0 Å². The lowest BCUT2D eigenvalue weighted by atomic mass is 9.74. The SMILES string of the molecule is CCC(O)(COC)C1CCOC2(CCSC2)C1. The Morgan fingerprint density at radius 2 is 2.41 bits per heavy atom. The summed E-state index contributed by atoms with van der Waals surface area (Å²) in [6.45, 7) is 3.28. The molecule has 2 heterocycles. The van der Waals surface area contributed by atoms with Gasteiger partial charge in [0, 0.05) is 19.5 Å². The van der Waals surface area contributed by atoms with Crippen LogP contribution in [0.15, 0.2) is 0 Å². The molecule has 0 aromatic carbocycles. The summed E-state index contributed by atoms with van der Waals surface area (Å²) in [6.07, 6.45) is 3.85. The van der Waals surface area contributed by atoms with Gasteiger partial charge in [-0.2, -0.15) is 11.8 Å². The normalized spacial score (nSPS) is 37.2. The zero-order chi connectivity index (χ0) is 12.4. The van der Waals surface area contributed by atoms with Gasteiger partial charge in [-0.05, 0) is 37.4 Å². The summed E-state index contributed by atoms with van der Waals surface area (Å²) in [6, 6.07) is 0. The summed E-state index contributed by atoms with van der Waals surface area (Å²) < 4.78 is 11.2. The quantitative estimate of drug-likeness (QED) is 0.840. The summed E-state index contributed by atoms with van der Waals surface area (Å²) >= 11 is 1.98. The predicted octanol–water partition coefficient (Wildman–Crippen LogP) is 2.08. The smallest absolute Gasteiger partial charge is 0.0907 e. The Kier molecular flexibility index (Phi) is 4.40. The molecule has 17 heavy (non-hydrogen) atoms. The maximum Gasteiger partial charge on any atom is 0.0907 e. The van der Waals surface area contributed by atoms with Crippen LogP contribution in [0.2, 0.25) is 0 Å². The minimum atomic E-state index is -0.668. The molecule has 2 aliphatic heterocycles. The van der Waals surface area contributed by atoms with Gasteiger partial charge in [-0.25, -0.2) is 0 Å². The molecule has 2 rings (SSSR count). The standard InChI is InChI=1S/C13H24O3S/c1-3-13(14,9-15-2)11-4-6-16-12(8-11)5-7-17-10-12/h11,14H,3-10H2,1-2H3. The summed E-state index contributed by atoms with van der Waals surface area (Å²) in [5.74, 6) is 2.61. The molecule has 3 nitrogen and oxygen atoms in total. The van der Waals surface area contributed by atoms with Crippen molar-refractivity contribution in [1.82, 2.24) is 0 Å². The molecular weight excluding hydrogens is 236 g/mol. The second kappa shape index (κ2) is 5.47. The predicted molar refractivity (Wildman–Crippen MR) is 70.5 cm³/mol. The van der Waals surface area contributed by atoms with E-state index in [0.717, 1.165) is 38.0 Å². The number of thioether (sulfide) groups is 1. The van der Waals surface area contributed by atoms with Gasteiger partial charge in [0.1, 0.15) is 0 Å². The fourth-order valence-electron chi connectivity index (χ4n) is 3.11. The van der Waals surface area contributed by atoms with E-state index in [1.807, 2.05) is 18.7 Å². The number of hydrogen-bond donors (Lipinski definition) is 1. The van der Waals surface area contributed by atoms with E-state index in [4.69, 9.17) is 9.47 Å². The third-order valence-electron chi connectivity index (χ3n) is 4.33. The highest BCUT2D eigenvalue weighted by molar-refractivity contribution is 7.99. The van der Waals surface area contributed by atoms with Gasteiger partial charge in [-0.1, -0.05) is 6.92 Å². The van der Waals surface area contributed by atoms with Crippen molar-refractivity contribution in [3.8, 4) is 0 Å². The lowest BCUT2D eigenvalue weighted by Crippen LogP contribution is -2.50. The van der Waals surface area contributed by atoms with Gasteiger partial charge in [-0.15, -0.1) is 0 Å². The molecule has 0 aromatic heterocycles. The average molecular weight is 260 g/mol. The van der Waals surface area contributed by atoms with Crippen LogP contribution in [0, 0.1) is 5.92 Å². The molecule has 2 saturated heterocycles. The second-order valence-electron chi connectivity index (χ2n) is 5.41. The van der Waals surface area contributed by atoms with Crippen molar-refractivity contribution in [2.75, 3.05) is 31.8 Å². The van der Waals surface area contributed by atoms with Crippen molar-refractivity contribution in [3.63, 3.8) is 0 Å². The van der Waals surface area contributed by atoms with Crippen LogP contribution < -0.4 is 0 Å². The van der Waals surface area contributed by atoms with E-state index >= 15 is 0 Å². The molecular formula is C13H24O3S. The van der Waals surface area contributed by atoms with Gasteiger partial charge < -0.3 is 14.6 Å². The Labute approximate surface area is 108 Å². The van der Waals surface area contributed by atoms with E-state index in [0.29, 0.717) is 12.5 Å².